The number of phosphoric acid groups is 2. The van der Waals surface area contributed by atoms with E-state index in [0.717, 1.165) is 29.8 Å². The summed E-state index contributed by atoms with van der Waals surface area (Å²) in [6.07, 6.45) is 0.0660. The van der Waals surface area contributed by atoms with Gasteiger partial charge in [0, 0.05) is 69.3 Å². The van der Waals surface area contributed by atoms with Gasteiger partial charge in [-0.3, -0.25) is 28.2 Å². The number of methoxy groups -OCH3 is 4. The average molecular weight is 1330 g/mol. The van der Waals surface area contributed by atoms with Crippen LogP contribution in [0.25, 0.3) is 22.1 Å². The highest BCUT2D eigenvalue weighted by Gasteiger charge is 2.45. The van der Waals surface area contributed by atoms with E-state index in [1.165, 1.54) is 76.5 Å². The van der Waals surface area contributed by atoms with Gasteiger partial charge in [-0.05, 0) is 113 Å². The zero-order valence-electron chi connectivity index (χ0n) is 51.3. The molecule has 4 saturated heterocycles. The maximum Gasteiger partial charge on any atom is 0.471 e. The van der Waals surface area contributed by atoms with Crippen molar-refractivity contribution < 1.29 is 97.8 Å². The van der Waals surface area contributed by atoms with Crippen molar-refractivity contribution in [2.45, 2.75) is 134 Å². The number of hydrogen-bond donors (Lipinski definition) is 4. The Kier molecular flexibility index (Phi) is 20.7. The fourth-order valence-electron chi connectivity index (χ4n) is 13.7. The lowest BCUT2D eigenvalue weighted by Crippen LogP contribution is -2.42. The summed E-state index contributed by atoms with van der Waals surface area (Å²) in [4.78, 5) is 109. The van der Waals surface area contributed by atoms with Crippen molar-refractivity contribution in [3.8, 4) is 0 Å². The molecule has 0 spiro atoms. The van der Waals surface area contributed by atoms with Crippen LogP contribution in [0.2, 0.25) is 0 Å². The van der Waals surface area contributed by atoms with E-state index >= 15 is 17.6 Å². The molecule has 0 aliphatic carbocycles. The van der Waals surface area contributed by atoms with Crippen molar-refractivity contribution in [1.82, 2.24) is 28.9 Å². The van der Waals surface area contributed by atoms with Crippen LogP contribution >= 0.6 is 15.6 Å². The van der Waals surface area contributed by atoms with Crippen molar-refractivity contribution in [3.63, 3.8) is 0 Å². The molecule has 31 heteroatoms. The predicted octanol–water partition coefficient (Wildman–Crippen LogP) is 9.44. The van der Waals surface area contributed by atoms with Gasteiger partial charge < -0.3 is 67.3 Å². The van der Waals surface area contributed by atoms with E-state index in [0.29, 0.717) is 25.7 Å². The molecule has 2 amide bonds. The van der Waals surface area contributed by atoms with Gasteiger partial charge in [-0.25, -0.2) is 41.1 Å². The van der Waals surface area contributed by atoms with Gasteiger partial charge >= 0.3 is 27.6 Å². The third-order valence-electron chi connectivity index (χ3n) is 18.5. The topological polar surface area (TPSA) is 287 Å². The van der Waals surface area contributed by atoms with Crippen LogP contribution < -0.4 is 9.80 Å². The molecule has 4 aromatic carbocycles. The predicted molar refractivity (Wildman–Crippen MR) is 320 cm³/mol. The van der Waals surface area contributed by atoms with Gasteiger partial charge in [-0.2, -0.15) is 0 Å². The van der Waals surface area contributed by atoms with E-state index in [4.69, 9.17) is 38.0 Å². The SMILES string of the molecule is COC(=O)C[C@H](C(=O)N1CCC[C@H]1c1nc2cc([C@H]3CC[C@H](c4cc5nc([C@@H]6CCCN6C(=O)[C@@H](CC(=O)OC)[C@@H](C)OC)n(COP(=O)(O)O)c5cc4F)N3c3cc(F)c(N4CCC(c5ccc(F)cc5)CC4)c(F)c3)c(F)cc2n1COP(=O)(O)O)[C@@H](C)OC. The fourth-order valence-corrected chi connectivity index (χ4v) is 14.2. The van der Waals surface area contributed by atoms with Crippen molar-refractivity contribution >= 4 is 72.8 Å². The second-order valence-electron chi connectivity index (χ2n) is 23.6. The van der Waals surface area contributed by atoms with Gasteiger partial charge in [0.05, 0.1) is 97.3 Å². The molecule has 498 valence electrons. The standard InChI is InChI=1S/C61H73F5N8O16P2/c1-33(85-3)39(27-55(75)87-5)60(77)70-19-7-9-51(70)58-67-47-25-41(43(63)29-53(47)72(58)31-89-91(79,80)81)49-15-16-50(74(49)38-23-45(65)57(46(66)24-38)69-21-17-36(18-22-69)35-11-13-37(62)14-12-35)42-26-48-54(30-44(42)64)73(32-90-92(82,83)84)59(68-48)52-10-8-20-71(52)61(78)40(34(2)86-4)28-56(76)88-6/h11-14,23-26,29-30,33-34,36,39-40,49-52H,7-10,15-22,27-28,31-32H2,1-6H3,(H2,79,80,81)(H2,82,83,84)/t33-,34-,39+,40+,49-,50-,51+,52+/m1/s1. The van der Waals surface area contributed by atoms with E-state index < -0.39 is 130 Å². The molecule has 0 saturated carbocycles. The Balaban J connectivity index is 1.08. The first kappa shape index (κ1) is 68.0. The monoisotopic (exact) mass is 1330 g/mol. The lowest BCUT2D eigenvalue weighted by atomic mass is 9.89. The first-order valence-corrected chi connectivity index (χ1v) is 33.2. The molecule has 6 heterocycles. The molecule has 4 fully saturated rings. The number of amides is 2. The van der Waals surface area contributed by atoms with Crippen molar-refractivity contribution in [2.24, 2.45) is 11.8 Å². The van der Waals surface area contributed by atoms with Crippen molar-refractivity contribution in [2.75, 3.05) is 64.4 Å². The highest BCUT2D eigenvalue weighted by atomic mass is 31.2. The van der Waals surface area contributed by atoms with Crippen LogP contribution in [0.3, 0.4) is 0 Å². The Morgan fingerprint density at radius 3 is 1.38 bits per heavy atom. The van der Waals surface area contributed by atoms with E-state index in [2.05, 4.69) is 0 Å². The summed E-state index contributed by atoms with van der Waals surface area (Å²) in [5, 5.41) is 0. The van der Waals surface area contributed by atoms with Gasteiger partial charge in [-0.1, -0.05) is 12.1 Å². The third kappa shape index (κ3) is 14.3. The molecule has 0 bridgehead atoms. The molecule has 8 atom stereocenters. The van der Waals surface area contributed by atoms with Gasteiger partial charge in [-0.15, -0.1) is 0 Å². The molecule has 10 rings (SSSR count). The van der Waals surface area contributed by atoms with Crippen LogP contribution in [-0.4, -0.2) is 139 Å². The Morgan fingerprint density at radius 1 is 0.565 bits per heavy atom. The fraction of sp³-hybridized carbons (Fsp3) is 0.508. The molecule has 4 aliphatic heterocycles. The molecule has 24 nitrogen and oxygen atoms in total. The summed E-state index contributed by atoms with van der Waals surface area (Å²) in [6.45, 7) is 2.24. The quantitative estimate of drug-likeness (QED) is 0.0264. The molecular weight excluding hydrogens is 1260 g/mol. The van der Waals surface area contributed by atoms with Crippen LogP contribution in [-0.2, 0) is 69.8 Å². The number of carbonyl (C=O) groups excluding carboxylic acids is 4. The van der Waals surface area contributed by atoms with Gasteiger partial charge in [0.25, 0.3) is 0 Å². The second-order valence-corrected chi connectivity index (χ2v) is 26.1. The Hall–Kier alpha value is -6.91. The van der Waals surface area contributed by atoms with Crippen LogP contribution in [0.4, 0.5) is 33.3 Å². The van der Waals surface area contributed by atoms with E-state index in [1.54, 1.807) is 30.9 Å². The number of carbonyl (C=O) groups is 4. The number of ether oxygens (including phenoxy) is 4. The third-order valence-corrected chi connectivity index (χ3v) is 19.4. The Morgan fingerprint density at radius 2 is 0.989 bits per heavy atom. The summed E-state index contributed by atoms with van der Waals surface area (Å²) in [5.74, 6) is -8.65. The van der Waals surface area contributed by atoms with E-state index in [1.807, 2.05) is 0 Å². The van der Waals surface area contributed by atoms with Crippen molar-refractivity contribution in [3.05, 3.63) is 118 Å². The summed E-state index contributed by atoms with van der Waals surface area (Å²) in [6, 6.07) is 8.85. The second kappa shape index (κ2) is 28.0. The number of rotatable bonds is 23. The molecular formula is C61H73F5N8O16P2. The number of nitrogens with zero attached hydrogens (tertiary/aromatic N) is 8. The largest absolute Gasteiger partial charge is 0.471 e. The first-order valence-electron chi connectivity index (χ1n) is 30.1. The number of halogens is 5. The molecule has 6 aromatic rings. The Bertz CT molecular complexity index is 3640. The first-order chi connectivity index (χ1) is 43.7. The number of hydrogen-bond acceptors (Lipinski definition) is 16. The van der Waals surface area contributed by atoms with Crippen LogP contribution in [0.1, 0.15) is 136 Å². The zero-order valence-corrected chi connectivity index (χ0v) is 53.1. The summed E-state index contributed by atoms with van der Waals surface area (Å²) < 4.78 is 141. The lowest BCUT2D eigenvalue weighted by Gasteiger charge is -2.36. The number of benzene rings is 4. The Labute approximate surface area is 525 Å². The summed E-state index contributed by atoms with van der Waals surface area (Å²) in [5.41, 5.74) is 0.203. The van der Waals surface area contributed by atoms with Gasteiger partial charge in [0.15, 0.2) is 11.6 Å². The minimum Gasteiger partial charge on any atom is -0.469 e. The van der Waals surface area contributed by atoms with Gasteiger partial charge in [0.1, 0.15) is 48.2 Å². The lowest BCUT2D eigenvalue weighted by molar-refractivity contribution is -0.151. The van der Waals surface area contributed by atoms with Crippen LogP contribution in [0.5, 0.6) is 0 Å². The molecule has 2 aromatic heterocycles. The molecule has 0 radical (unpaired) electrons. The van der Waals surface area contributed by atoms with E-state index in [-0.39, 0.29) is 127 Å². The molecule has 0 unspecified atom stereocenters. The number of piperidine rings is 1. The average Bonchev–Trinajstić information content (AvgIpc) is 1.57. The number of anilines is 2. The molecule has 92 heavy (non-hydrogen) atoms. The minimum absolute atomic E-state index is 0.00683. The maximum atomic E-state index is 17.6. The van der Waals surface area contributed by atoms with Crippen LogP contribution in [0.15, 0.2) is 60.7 Å². The number of phosphoric ester groups is 2. The molecule has 4 aliphatic rings. The maximum absolute atomic E-state index is 17.6. The normalized spacial score (nSPS) is 20.6. The van der Waals surface area contributed by atoms with Crippen molar-refractivity contribution in [1.29, 1.82) is 0 Å². The van der Waals surface area contributed by atoms with Gasteiger partial charge in [0.2, 0.25) is 11.8 Å². The highest BCUT2D eigenvalue weighted by Crippen LogP contribution is 2.51. The smallest absolute Gasteiger partial charge is 0.469 e. The molecule has 4 N–H and O–H groups in total. The summed E-state index contributed by atoms with van der Waals surface area (Å²) >= 11 is 0. The van der Waals surface area contributed by atoms with E-state index in [9.17, 15) is 52.3 Å². The number of aromatic nitrogens is 4. The number of likely N-dealkylation sites (tertiary alicyclic amines) is 2. The number of esters is 2. The number of fused-ring (bicyclic) bond motifs is 2. The number of imidazole rings is 2. The summed E-state index contributed by atoms with van der Waals surface area (Å²) in [7, 11) is -5.34. The zero-order chi connectivity index (χ0) is 66.2. The van der Waals surface area contributed by atoms with Crippen LogP contribution in [0, 0.1) is 40.9 Å². The highest BCUT2D eigenvalue weighted by molar-refractivity contribution is 7.46. The minimum atomic E-state index is -5.22.